The maximum atomic E-state index is 13.1. The molecule has 3 N–H and O–H groups in total. The Kier molecular flexibility index (Phi) is 9.11. The standard InChI is InChI=1S/C25H30N2O5S/c1-14(2)20(24(29)30)26-22(28)18-12-8-6-10-16(18)17-11-7-9-13-19(17)23(33)27-21(15(3)4)25(31)32-5/h6-15,20-21H,1-5H3,(H,26,28)(H,27,33)(H,29,30)/t20-,21?/m0/s1. The molecule has 0 saturated carbocycles. The molecule has 0 aromatic heterocycles. The van der Waals surface area contributed by atoms with Crippen LogP contribution in [0.1, 0.15) is 43.6 Å². The van der Waals surface area contributed by atoms with Gasteiger partial charge >= 0.3 is 11.9 Å². The van der Waals surface area contributed by atoms with Crippen molar-refractivity contribution >= 4 is 35.1 Å². The second-order valence-electron chi connectivity index (χ2n) is 8.34. The largest absolute Gasteiger partial charge is 0.480 e. The Morgan fingerprint density at radius 3 is 1.79 bits per heavy atom. The maximum absolute atomic E-state index is 13.1. The van der Waals surface area contributed by atoms with Crippen molar-refractivity contribution in [2.24, 2.45) is 11.8 Å². The first kappa shape index (κ1) is 26.0. The van der Waals surface area contributed by atoms with E-state index in [9.17, 15) is 19.5 Å². The highest BCUT2D eigenvalue weighted by Crippen LogP contribution is 2.28. The molecule has 0 saturated heterocycles. The number of rotatable bonds is 9. The Bertz CT molecular complexity index is 1030. The molecule has 0 fully saturated rings. The van der Waals surface area contributed by atoms with Gasteiger partial charge in [-0.15, -0.1) is 0 Å². The zero-order chi connectivity index (χ0) is 24.7. The Labute approximate surface area is 199 Å². The van der Waals surface area contributed by atoms with Crippen molar-refractivity contribution in [3.05, 3.63) is 59.7 Å². The van der Waals surface area contributed by atoms with E-state index >= 15 is 0 Å². The van der Waals surface area contributed by atoms with Gasteiger partial charge in [-0.05, 0) is 29.0 Å². The number of hydrogen-bond acceptors (Lipinski definition) is 5. The van der Waals surface area contributed by atoms with Crippen molar-refractivity contribution in [1.29, 1.82) is 0 Å². The fourth-order valence-corrected chi connectivity index (χ4v) is 3.71. The summed E-state index contributed by atoms with van der Waals surface area (Å²) >= 11 is 5.62. The Balaban J connectivity index is 2.46. The van der Waals surface area contributed by atoms with Crippen LogP contribution >= 0.6 is 12.2 Å². The van der Waals surface area contributed by atoms with Gasteiger partial charge in [0.15, 0.2) is 0 Å². The minimum Gasteiger partial charge on any atom is -0.480 e. The minimum atomic E-state index is -1.09. The topological polar surface area (TPSA) is 105 Å². The average Bonchev–Trinajstić information content (AvgIpc) is 2.79. The molecule has 2 rings (SSSR count). The fraction of sp³-hybridized carbons (Fsp3) is 0.360. The number of amides is 1. The smallest absolute Gasteiger partial charge is 0.328 e. The summed E-state index contributed by atoms with van der Waals surface area (Å²) in [6, 6.07) is 12.6. The summed E-state index contributed by atoms with van der Waals surface area (Å²) in [6.45, 7) is 7.24. The number of ether oxygens (including phenoxy) is 1. The molecule has 0 bridgehead atoms. The summed E-state index contributed by atoms with van der Waals surface area (Å²) < 4.78 is 4.89. The number of carbonyl (C=O) groups excluding carboxylic acids is 2. The van der Waals surface area contributed by atoms with Crippen molar-refractivity contribution in [2.45, 2.75) is 39.8 Å². The molecule has 0 radical (unpaired) electrons. The number of benzene rings is 2. The van der Waals surface area contributed by atoms with Gasteiger partial charge in [0.2, 0.25) is 0 Å². The third-order valence-electron chi connectivity index (χ3n) is 5.26. The van der Waals surface area contributed by atoms with Crippen LogP contribution in [0.3, 0.4) is 0 Å². The van der Waals surface area contributed by atoms with E-state index in [1.807, 2.05) is 38.1 Å². The number of nitrogens with one attached hydrogen (secondary N) is 2. The first-order valence-electron chi connectivity index (χ1n) is 10.7. The van der Waals surface area contributed by atoms with Crippen LogP contribution in [0.4, 0.5) is 0 Å². The van der Waals surface area contributed by atoms with Crippen LogP contribution in [0.2, 0.25) is 0 Å². The lowest BCUT2D eigenvalue weighted by Crippen LogP contribution is -2.45. The minimum absolute atomic E-state index is 0.0652. The Morgan fingerprint density at radius 2 is 1.30 bits per heavy atom. The molecule has 0 aliphatic rings. The molecule has 7 nitrogen and oxygen atoms in total. The van der Waals surface area contributed by atoms with Gasteiger partial charge < -0.3 is 20.5 Å². The molecular weight excluding hydrogens is 440 g/mol. The van der Waals surface area contributed by atoms with E-state index in [0.29, 0.717) is 27.2 Å². The van der Waals surface area contributed by atoms with Gasteiger partial charge in [0, 0.05) is 11.1 Å². The second kappa shape index (κ2) is 11.6. The highest BCUT2D eigenvalue weighted by atomic mass is 32.1. The highest BCUT2D eigenvalue weighted by molar-refractivity contribution is 7.80. The second-order valence-corrected chi connectivity index (χ2v) is 8.75. The molecule has 2 aromatic carbocycles. The van der Waals surface area contributed by atoms with Gasteiger partial charge in [-0.25, -0.2) is 9.59 Å². The van der Waals surface area contributed by atoms with Crippen LogP contribution in [0.25, 0.3) is 11.1 Å². The third kappa shape index (κ3) is 6.38. The lowest BCUT2D eigenvalue weighted by molar-refractivity contribution is -0.144. The lowest BCUT2D eigenvalue weighted by atomic mass is 9.94. The predicted octanol–water partition coefficient (Wildman–Crippen LogP) is 3.66. The Morgan fingerprint density at radius 1 is 0.818 bits per heavy atom. The summed E-state index contributed by atoms with van der Waals surface area (Å²) in [6.07, 6.45) is 0. The van der Waals surface area contributed by atoms with Gasteiger partial charge in [0.1, 0.15) is 17.1 Å². The number of carboxylic acid groups (broad SMARTS) is 1. The number of hydrogen-bond donors (Lipinski definition) is 3. The number of aliphatic carboxylic acids is 1. The predicted molar refractivity (Wildman–Crippen MR) is 131 cm³/mol. The van der Waals surface area contributed by atoms with Gasteiger partial charge in [-0.1, -0.05) is 82.4 Å². The summed E-state index contributed by atoms with van der Waals surface area (Å²) in [7, 11) is 1.33. The first-order chi connectivity index (χ1) is 15.6. The number of thiocarbonyl (C=S) groups is 1. The van der Waals surface area contributed by atoms with E-state index in [1.54, 1.807) is 38.1 Å². The van der Waals surface area contributed by atoms with E-state index in [4.69, 9.17) is 17.0 Å². The normalized spacial score (nSPS) is 12.7. The van der Waals surface area contributed by atoms with E-state index in [2.05, 4.69) is 10.6 Å². The first-order valence-corrected chi connectivity index (χ1v) is 11.1. The van der Waals surface area contributed by atoms with Crippen LogP contribution in [0.5, 0.6) is 0 Å². The van der Waals surface area contributed by atoms with Crippen molar-refractivity contribution in [3.8, 4) is 11.1 Å². The highest BCUT2D eigenvalue weighted by Gasteiger charge is 2.27. The monoisotopic (exact) mass is 470 g/mol. The Hall–Kier alpha value is -3.26. The SMILES string of the molecule is COC(=O)C(NC(=S)c1ccccc1-c1ccccc1C(=O)N[C@H](C(=O)O)C(C)C)C(C)C. The van der Waals surface area contributed by atoms with Gasteiger partial charge in [0.05, 0.1) is 7.11 Å². The molecule has 176 valence electrons. The summed E-state index contributed by atoms with van der Waals surface area (Å²) in [5, 5.41) is 15.2. The van der Waals surface area contributed by atoms with Gasteiger partial charge in [-0.3, -0.25) is 4.79 Å². The molecule has 0 spiro atoms. The lowest BCUT2D eigenvalue weighted by Gasteiger charge is -2.23. The molecule has 8 heteroatoms. The van der Waals surface area contributed by atoms with Crippen LogP contribution < -0.4 is 10.6 Å². The zero-order valence-electron chi connectivity index (χ0n) is 19.4. The number of methoxy groups -OCH3 is 1. The van der Waals surface area contributed by atoms with Crippen LogP contribution in [0.15, 0.2) is 48.5 Å². The zero-order valence-corrected chi connectivity index (χ0v) is 20.2. The molecule has 2 aromatic rings. The summed E-state index contributed by atoms with van der Waals surface area (Å²) in [4.78, 5) is 37.1. The number of carbonyl (C=O) groups is 3. The van der Waals surface area contributed by atoms with Crippen molar-refractivity contribution in [1.82, 2.24) is 10.6 Å². The molecule has 2 atom stereocenters. The van der Waals surface area contributed by atoms with E-state index in [-0.39, 0.29) is 11.8 Å². The third-order valence-corrected chi connectivity index (χ3v) is 5.60. The molecule has 0 heterocycles. The van der Waals surface area contributed by atoms with Gasteiger partial charge in [0.25, 0.3) is 5.91 Å². The molecule has 1 unspecified atom stereocenters. The molecular formula is C25H30N2O5S. The van der Waals surface area contributed by atoms with Crippen LogP contribution in [-0.4, -0.2) is 47.1 Å². The van der Waals surface area contributed by atoms with Gasteiger partial charge in [-0.2, -0.15) is 0 Å². The summed E-state index contributed by atoms with van der Waals surface area (Å²) in [5.74, 6) is -2.35. The average molecular weight is 471 g/mol. The van der Waals surface area contributed by atoms with E-state index in [1.165, 1.54) is 7.11 Å². The number of carboxylic acids is 1. The molecule has 0 aliphatic heterocycles. The van der Waals surface area contributed by atoms with Crippen molar-refractivity contribution in [2.75, 3.05) is 7.11 Å². The van der Waals surface area contributed by atoms with Crippen molar-refractivity contribution in [3.63, 3.8) is 0 Å². The van der Waals surface area contributed by atoms with E-state index in [0.717, 1.165) is 0 Å². The quantitative estimate of drug-likeness (QED) is 0.379. The molecule has 33 heavy (non-hydrogen) atoms. The number of esters is 1. The fourth-order valence-electron chi connectivity index (χ4n) is 3.41. The van der Waals surface area contributed by atoms with Crippen LogP contribution in [-0.2, 0) is 14.3 Å². The summed E-state index contributed by atoms with van der Waals surface area (Å²) in [5.41, 5.74) is 2.25. The van der Waals surface area contributed by atoms with Crippen LogP contribution in [0, 0.1) is 11.8 Å². The van der Waals surface area contributed by atoms with Crippen molar-refractivity contribution < 1.29 is 24.2 Å². The maximum Gasteiger partial charge on any atom is 0.328 e. The molecule has 1 amide bonds. The van der Waals surface area contributed by atoms with E-state index < -0.39 is 29.9 Å². The molecule has 0 aliphatic carbocycles.